The molecule has 0 bridgehead atoms. The summed E-state index contributed by atoms with van der Waals surface area (Å²) in [5.41, 5.74) is 2.16. The quantitative estimate of drug-likeness (QED) is 0.478. The van der Waals surface area contributed by atoms with E-state index < -0.39 is 0 Å². The maximum atomic E-state index is 11.2. The van der Waals surface area contributed by atoms with Gasteiger partial charge in [0.15, 0.2) is 0 Å². The molecule has 0 aliphatic carbocycles. The first-order chi connectivity index (χ1) is 7.04. The van der Waals surface area contributed by atoms with Crippen LogP contribution in [0.2, 0.25) is 0 Å². The molecule has 0 heterocycles. The average Bonchev–Trinajstić information content (AvgIpc) is 2.17. The fourth-order valence-electron chi connectivity index (χ4n) is 1.36. The molecule has 1 aromatic carbocycles. The van der Waals surface area contributed by atoms with Crippen molar-refractivity contribution in [1.29, 1.82) is 0 Å². The maximum absolute atomic E-state index is 11.2. The molecule has 1 rings (SSSR count). The van der Waals surface area contributed by atoms with Crippen molar-refractivity contribution < 1.29 is 9.53 Å². The van der Waals surface area contributed by atoms with Crippen LogP contribution in [-0.2, 0) is 4.79 Å². The predicted octanol–water partition coefficient (Wildman–Crippen LogP) is 3.42. The zero-order chi connectivity index (χ0) is 11.4. The number of carbonyl (C=O) groups excluding carboxylic acids is 1. The van der Waals surface area contributed by atoms with Crippen molar-refractivity contribution in [3.05, 3.63) is 29.3 Å². The van der Waals surface area contributed by atoms with Gasteiger partial charge in [-0.05, 0) is 30.0 Å². The van der Waals surface area contributed by atoms with Gasteiger partial charge in [-0.2, -0.15) is 0 Å². The van der Waals surface area contributed by atoms with Crippen molar-refractivity contribution in [2.75, 3.05) is 5.33 Å². The molecule has 82 valence electrons. The van der Waals surface area contributed by atoms with Crippen molar-refractivity contribution in [2.45, 2.75) is 26.7 Å². The summed E-state index contributed by atoms with van der Waals surface area (Å²) in [7, 11) is 0. The number of carbonyl (C=O) groups is 1. The summed E-state index contributed by atoms with van der Waals surface area (Å²) in [5.74, 6) is 0.765. The van der Waals surface area contributed by atoms with E-state index in [-0.39, 0.29) is 11.3 Å². The molecule has 0 aromatic heterocycles. The van der Waals surface area contributed by atoms with E-state index in [2.05, 4.69) is 29.8 Å². The lowest BCUT2D eigenvalue weighted by molar-refractivity contribution is -0.131. The molecule has 15 heavy (non-hydrogen) atoms. The zero-order valence-corrected chi connectivity index (χ0v) is 10.8. The SMILES string of the molecule is Cc1ccc(C(C)C)c(OC(=O)CBr)c1. The average molecular weight is 271 g/mol. The summed E-state index contributed by atoms with van der Waals surface area (Å²) in [6, 6.07) is 5.94. The molecule has 0 unspecified atom stereocenters. The lowest BCUT2D eigenvalue weighted by Crippen LogP contribution is -2.10. The molecule has 0 saturated carbocycles. The molecule has 0 N–H and O–H groups in total. The van der Waals surface area contributed by atoms with Gasteiger partial charge in [-0.1, -0.05) is 41.9 Å². The summed E-state index contributed by atoms with van der Waals surface area (Å²) < 4.78 is 5.25. The van der Waals surface area contributed by atoms with Crippen LogP contribution >= 0.6 is 15.9 Å². The van der Waals surface area contributed by atoms with Crippen LogP contribution in [0.5, 0.6) is 5.75 Å². The molecule has 1 aromatic rings. The van der Waals surface area contributed by atoms with Crippen LogP contribution < -0.4 is 4.74 Å². The highest BCUT2D eigenvalue weighted by molar-refractivity contribution is 9.09. The third-order valence-corrected chi connectivity index (χ3v) is 2.58. The summed E-state index contributed by atoms with van der Waals surface area (Å²) in [5, 5.41) is 0.221. The minimum atomic E-state index is -0.262. The summed E-state index contributed by atoms with van der Waals surface area (Å²) >= 11 is 3.08. The number of benzene rings is 1. The lowest BCUT2D eigenvalue weighted by Gasteiger charge is -2.12. The van der Waals surface area contributed by atoms with Gasteiger partial charge in [-0.25, -0.2) is 0 Å². The van der Waals surface area contributed by atoms with E-state index >= 15 is 0 Å². The zero-order valence-electron chi connectivity index (χ0n) is 9.21. The van der Waals surface area contributed by atoms with Gasteiger partial charge in [0.2, 0.25) is 0 Å². The number of hydrogen-bond donors (Lipinski definition) is 0. The highest BCUT2D eigenvalue weighted by Crippen LogP contribution is 2.27. The highest BCUT2D eigenvalue weighted by Gasteiger charge is 2.11. The van der Waals surface area contributed by atoms with E-state index in [1.54, 1.807) is 0 Å². The Morgan fingerprint density at radius 2 is 2.13 bits per heavy atom. The summed E-state index contributed by atoms with van der Waals surface area (Å²) in [4.78, 5) is 11.2. The fraction of sp³-hybridized carbons (Fsp3) is 0.417. The summed E-state index contributed by atoms with van der Waals surface area (Å²) in [6.45, 7) is 6.14. The van der Waals surface area contributed by atoms with Gasteiger partial charge >= 0.3 is 5.97 Å². The first-order valence-electron chi connectivity index (χ1n) is 4.91. The van der Waals surface area contributed by atoms with E-state index in [0.717, 1.165) is 11.1 Å². The largest absolute Gasteiger partial charge is 0.426 e. The van der Waals surface area contributed by atoms with Crippen LogP contribution in [0, 0.1) is 6.92 Å². The van der Waals surface area contributed by atoms with Gasteiger partial charge in [-0.3, -0.25) is 4.79 Å². The second-order valence-corrected chi connectivity index (χ2v) is 4.36. The lowest BCUT2D eigenvalue weighted by atomic mass is 10.0. The third kappa shape index (κ3) is 3.34. The molecular formula is C12H15BrO2. The molecule has 0 aliphatic heterocycles. The van der Waals surface area contributed by atoms with E-state index in [9.17, 15) is 4.79 Å². The van der Waals surface area contributed by atoms with Crippen molar-refractivity contribution in [1.82, 2.24) is 0 Å². The fourth-order valence-corrected chi connectivity index (χ4v) is 1.47. The van der Waals surface area contributed by atoms with Gasteiger partial charge in [0.05, 0.1) is 0 Å². The molecule has 3 heteroatoms. The van der Waals surface area contributed by atoms with Crippen LogP contribution in [0.4, 0.5) is 0 Å². The van der Waals surface area contributed by atoms with E-state index in [1.165, 1.54) is 0 Å². The number of ether oxygens (including phenoxy) is 1. The molecule has 0 spiro atoms. The Balaban J connectivity index is 3.02. The second kappa shape index (κ2) is 5.31. The standard InChI is InChI=1S/C12H15BrO2/c1-8(2)10-5-4-9(3)6-11(10)15-12(14)7-13/h4-6,8H,7H2,1-3H3. The van der Waals surface area contributed by atoms with Gasteiger partial charge in [0.1, 0.15) is 11.1 Å². The van der Waals surface area contributed by atoms with Crippen LogP contribution in [0.1, 0.15) is 30.9 Å². The number of halogens is 1. The Morgan fingerprint density at radius 1 is 1.47 bits per heavy atom. The summed E-state index contributed by atoms with van der Waals surface area (Å²) in [6.07, 6.45) is 0. The van der Waals surface area contributed by atoms with E-state index in [4.69, 9.17) is 4.74 Å². The van der Waals surface area contributed by atoms with Crippen molar-refractivity contribution in [3.63, 3.8) is 0 Å². The number of alkyl halides is 1. The normalized spacial score (nSPS) is 10.5. The molecule has 0 radical (unpaired) electrons. The minimum Gasteiger partial charge on any atom is -0.426 e. The number of esters is 1. The van der Waals surface area contributed by atoms with E-state index in [1.807, 2.05) is 25.1 Å². The molecule has 0 aliphatic rings. The Hall–Kier alpha value is -0.830. The predicted molar refractivity (Wildman–Crippen MR) is 64.7 cm³/mol. The maximum Gasteiger partial charge on any atom is 0.321 e. The molecule has 2 nitrogen and oxygen atoms in total. The Bertz CT molecular complexity index is 359. The molecule has 0 atom stereocenters. The van der Waals surface area contributed by atoms with Crippen molar-refractivity contribution in [2.24, 2.45) is 0 Å². The van der Waals surface area contributed by atoms with Gasteiger partial charge in [0, 0.05) is 0 Å². The van der Waals surface area contributed by atoms with Crippen LogP contribution in [-0.4, -0.2) is 11.3 Å². The first kappa shape index (κ1) is 12.2. The molecule has 0 amide bonds. The highest BCUT2D eigenvalue weighted by atomic mass is 79.9. The molecule has 0 saturated heterocycles. The smallest absolute Gasteiger partial charge is 0.321 e. The monoisotopic (exact) mass is 270 g/mol. The topological polar surface area (TPSA) is 26.3 Å². The van der Waals surface area contributed by atoms with E-state index in [0.29, 0.717) is 11.7 Å². The van der Waals surface area contributed by atoms with Crippen molar-refractivity contribution in [3.8, 4) is 5.75 Å². The molecule has 0 fully saturated rings. The van der Waals surface area contributed by atoms with Gasteiger partial charge in [-0.15, -0.1) is 0 Å². The Labute approximate surface area is 98.8 Å². The molecular weight excluding hydrogens is 256 g/mol. The third-order valence-electron chi connectivity index (χ3n) is 2.12. The number of hydrogen-bond acceptors (Lipinski definition) is 2. The number of rotatable bonds is 3. The van der Waals surface area contributed by atoms with Crippen LogP contribution in [0.15, 0.2) is 18.2 Å². The first-order valence-corrected chi connectivity index (χ1v) is 6.04. The Kier molecular flexibility index (Phi) is 4.33. The van der Waals surface area contributed by atoms with Crippen LogP contribution in [0.3, 0.4) is 0 Å². The Morgan fingerprint density at radius 3 is 2.67 bits per heavy atom. The second-order valence-electron chi connectivity index (χ2n) is 3.80. The van der Waals surface area contributed by atoms with Gasteiger partial charge < -0.3 is 4.74 Å². The van der Waals surface area contributed by atoms with Gasteiger partial charge in [0.25, 0.3) is 0 Å². The van der Waals surface area contributed by atoms with Crippen molar-refractivity contribution >= 4 is 21.9 Å². The van der Waals surface area contributed by atoms with Crippen LogP contribution in [0.25, 0.3) is 0 Å². The minimum absolute atomic E-state index is 0.221. The number of aryl methyl sites for hydroxylation is 1.